The molecule has 1 aromatic carbocycles. The molecule has 0 spiro atoms. The van der Waals surface area contributed by atoms with Crippen LogP contribution in [0.2, 0.25) is 0 Å². The van der Waals surface area contributed by atoms with E-state index in [9.17, 15) is 0 Å². The van der Waals surface area contributed by atoms with Gasteiger partial charge in [0.1, 0.15) is 0 Å². The quantitative estimate of drug-likeness (QED) is 0.739. The Morgan fingerprint density at radius 3 is 2.87 bits per heavy atom. The van der Waals surface area contributed by atoms with Crippen LogP contribution in [0.25, 0.3) is 0 Å². The molecular formula is C13H20N2. The number of hydrogen-bond donors (Lipinski definition) is 2. The lowest BCUT2D eigenvalue weighted by atomic mass is 9.83. The summed E-state index contributed by atoms with van der Waals surface area (Å²) < 4.78 is 0. The largest absolute Gasteiger partial charge is 0.398 e. The fourth-order valence-corrected chi connectivity index (χ4v) is 2.04. The summed E-state index contributed by atoms with van der Waals surface area (Å²) in [6.45, 7) is 3.15. The van der Waals surface area contributed by atoms with Crippen molar-refractivity contribution >= 4 is 11.4 Å². The van der Waals surface area contributed by atoms with Gasteiger partial charge in [0.2, 0.25) is 0 Å². The second-order valence-corrected chi connectivity index (χ2v) is 4.53. The smallest absolute Gasteiger partial charge is 0.0390 e. The van der Waals surface area contributed by atoms with Gasteiger partial charge in [-0.3, -0.25) is 0 Å². The van der Waals surface area contributed by atoms with Crippen LogP contribution < -0.4 is 11.1 Å². The first kappa shape index (κ1) is 10.3. The number of hydrogen-bond acceptors (Lipinski definition) is 2. The number of rotatable bonds is 4. The Kier molecular flexibility index (Phi) is 3.14. The molecule has 1 aliphatic carbocycles. The van der Waals surface area contributed by atoms with Crippen LogP contribution in [-0.4, -0.2) is 6.54 Å². The molecule has 1 saturated carbocycles. The van der Waals surface area contributed by atoms with Gasteiger partial charge in [-0.1, -0.05) is 25.3 Å². The lowest BCUT2D eigenvalue weighted by Gasteiger charge is -2.25. The Hall–Kier alpha value is -1.18. The van der Waals surface area contributed by atoms with Gasteiger partial charge in [0.05, 0.1) is 0 Å². The number of nitrogens with two attached hydrogens (primary N) is 1. The van der Waals surface area contributed by atoms with Crippen LogP contribution in [0.5, 0.6) is 0 Å². The lowest BCUT2D eigenvalue weighted by Crippen LogP contribution is -2.16. The number of nitrogen functional groups attached to an aromatic ring is 1. The lowest BCUT2D eigenvalue weighted by molar-refractivity contribution is 0.303. The minimum atomic E-state index is 0.878. The zero-order valence-electron chi connectivity index (χ0n) is 9.42. The van der Waals surface area contributed by atoms with Gasteiger partial charge >= 0.3 is 0 Å². The summed E-state index contributed by atoms with van der Waals surface area (Å²) in [5, 5.41) is 3.47. The summed E-state index contributed by atoms with van der Waals surface area (Å²) in [5.41, 5.74) is 9.09. The summed E-state index contributed by atoms with van der Waals surface area (Å²) in [6, 6.07) is 6.06. The third kappa shape index (κ3) is 2.44. The molecule has 2 rings (SSSR count). The Morgan fingerprint density at radius 2 is 2.20 bits per heavy atom. The molecule has 0 atom stereocenters. The molecular weight excluding hydrogens is 184 g/mol. The summed E-state index contributed by atoms with van der Waals surface area (Å²) >= 11 is 0. The highest BCUT2D eigenvalue weighted by Gasteiger charge is 2.16. The van der Waals surface area contributed by atoms with Crippen molar-refractivity contribution < 1.29 is 0 Å². The van der Waals surface area contributed by atoms with Crippen molar-refractivity contribution in [2.24, 2.45) is 5.92 Å². The van der Waals surface area contributed by atoms with E-state index in [1.165, 1.54) is 36.9 Å². The highest BCUT2D eigenvalue weighted by molar-refractivity contribution is 5.62. The van der Waals surface area contributed by atoms with Crippen molar-refractivity contribution in [3.05, 3.63) is 23.8 Å². The van der Waals surface area contributed by atoms with Crippen molar-refractivity contribution in [1.29, 1.82) is 0 Å². The molecule has 0 bridgehead atoms. The Morgan fingerprint density at radius 1 is 1.40 bits per heavy atom. The number of anilines is 2. The van der Waals surface area contributed by atoms with E-state index in [0.717, 1.165) is 18.2 Å². The van der Waals surface area contributed by atoms with Crippen LogP contribution in [0.15, 0.2) is 18.2 Å². The predicted molar refractivity (Wildman–Crippen MR) is 66.0 cm³/mol. The molecule has 2 nitrogen and oxygen atoms in total. The molecule has 2 heteroatoms. The van der Waals surface area contributed by atoms with E-state index in [4.69, 9.17) is 5.73 Å². The molecule has 0 aromatic heterocycles. The highest BCUT2D eigenvalue weighted by Crippen LogP contribution is 2.29. The summed E-state index contributed by atoms with van der Waals surface area (Å²) in [5.74, 6) is 0.971. The molecule has 1 fully saturated rings. The fourth-order valence-electron chi connectivity index (χ4n) is 2.04. The maximum Gasteiger partial charge on any atom is 0.0390 e. The Balaban J connectivity index is 1.84. The Bertz CT molecular complexity index is 329. The summed E-state index contributed by atoms with van der Waals surface area (Å²) in [6.07, 6.45) is 5.59. The maximum atomic E-state index is 5.85. The van der Waals surface area contributed by atoms with Crippen molar-refractivity contribution in [3.63, 3.8) is 0 Å². The van der Waals surface area contributed by atoms with Crippen LogP contribution >= 0.6 is 0 Å². The van der Waals surface area contributed by atoms with Crippen molar-refractivity contribution in [2.45, 2.75) is 32.6 Å². The first-order valence-corrected chi connectivity index (χ1v) is 5.86. The molecule has 3 N–H and O–H groups in total. The molecule has 0 heterocycles. The minimum absolute atomic E-state index is 0.878. The highest BCUT2D eigenvalue weighted by atomic mass is 14.9. The monoisotopic (exact) mass is 204 g/mol. The molecule has 0 unspecified atom stereocenters. The van der Waals surface area contributed by atoms with Crippen molar-refractivity contribution in [2.75, 3.05) is 17.6 Å². The van der Waals surface area contributed by atoms with Gasteiger partial charge in [-0.15, -0.1) is 0 Å². The van der Waals surface area contributed by atoms with Crippen molar-refractivity contribution in [1.82, 2.24) is 0 Å². The Labute approximate surface area is 91.9 Å². The molecule has 1 aromatic rings. The maximum absolute atomic E-state index is 5.85. The van der Waals surface area contributed by atoms with Gasteiger partial charge in [0.25, 0.3) is 0 Å². The van der Waals surface area contributed by atoms with Gasteiger partial charge in [-0.25, -0.2) is 0 Å². The number of benzene rings is 1. The second kappa shape index (κ2) is 4.56. The van der Waals surface area contributed by atoms with Gasteiger partial charge in [-0.05, 0) is 37.0 Å². The standard InChI is InChI=1S/C13H20N2/c1-10-12(14)6-3-7-13(10)15-9-8-11-4-2-5-11/h3,6-7,11,15H,2,4-5,8-9,14H2,1H3. The third-order valence-electron chi connectivity index (χ3n) is 3.47. The SMILES string of the molecule is Cc1c(N)cccc1NCCC1CCC1. The minimum Gasteiger partial charge on any atom is -0.398 e. The first-order valence-electron chi connectivity index (χ1n) is 5.86. The van der Waals surface area contributed by atoms with Gasteiger partial charge < -0.3 is 11.1 Å². The van der Waals surface area contributed by atoms with E-state index in [2.05, 4.69) is 18.3 Å². The molecule has 0 radical (unpaired) electrons. The average Bonchev–Trinajstić information content (AvgIpc) is 2.16. The van der Waals surface area contributed by atoms with E-state index in [1.807, 2.05) is 12.1 Å². The second-order valence-electron chi connectivity index (χ2n) is 4.53. The van der Waals surface area contributed by atoms with E-state index in [-0.39, 0.29) is 0 Å². The summed E-state index contributed by atoms with van der Waals surface area (Å²) in [4.78, 5) is 0. The van der Waals surface area contributed by atoms with Crippen LogP contribution in [0.3, 0.4) is 0 Å². The third-order valence-corrected chi connectivity index (χ3v) is 3.47. The fraction of sp³-hybridized carbons (Fsp3) is 0.538. The van der Waals surface area contributed by atoms with Crippen LogP contribution in [0.4, 0.5) is 11.4 Å². The van der Waals surface area contributed by atoms with E-state index < -0.39 is 0 Å². The van der Waals surface area contributed by atoms with Gasteiger partial charge in [0.15, 0.2) is 0 Å². The average molecular weight is 204 g/mol. The van der Waals surface area contributed by atoms with Crippen LogP contribution in [0.1, 0.15) is 31.2 Å². The molecule has 15 heavy (non-hydrogen) atoms. The molecule has 82 valence electrons. The van der Waals surface area contributed by atoms with Gasteiger partial charge in [0, 0.05) is 17.9 Å². The van der Waals surface area contributed by atoms with Gasteiger partial charge in [-0.2, -0.15) is 0 Å². The molecule has 0 saturated heterocycles. The van der Waals surface area contributed by atoms with Crippen LogP contribution in [0, 0.1) is 12.8 Å². The van der Waals surface area contributed by atoms with E-state index in [1.54, 1.807) is 0 Å². The topological polar surface area (TPSA) is 38.0 Å². The predicted octanol–water partition coefficient (Wildman–Crippen LogP) is 3.18. The first-order chi connectivity index (χ1) is 7.27. The van der Waals surface area contributed by atoms with E-state index >= 15 is 0 Å². The molecule has 0 aliphatic heterocycles. The van der Waals surface area contributed by atoms with Crippen molar-refractivity contribution in [3.8, 4) is 0 Å². The number of nitrogens with one attached hydrogen (secondary N) is 1. The van der Waals surface area contributed by atoms with Crippen LogP contribution in [-0.2, 0) is 0 Å². The zero-order valence-corrected chi connectivity index (χ0v) is 9.42. The van der Waals surface area contributed by atoms with E-state index in [0.29, 0.717) is 0 Å². The normalized spacial score (nSPS) is 16.1. The molecule has 1 aliphatic rings. The zero-order chi connectivity index (χ0) is 10.7. The molecule has 0 amide bonds. The summed E-state index contributed by atoms with van der Waals surface area (Å²) in [7, 11) is 0.